The third kappa shape index (κ3) is 1.69. The third-order valence-electron chi connectivity index (χ3n) is 1.27. The third-order valence-corrected chi connectivity index (χ3v) is 1.27. The Kier molecular flexibility index (Phi) is 1.85. The Hall–Kier alpha value is -1.12. The zero-order chi connectivity index (χ0) is 7.56. The molecule has 0 saturated carbocycles. The molecule has 0 aliphatic carbocycles. The maximum absolute atomic E-state index is 10.6. The van der Waals surface area contributed by atoms with Crippen molar-refractivity contribution in [2.75, 3.05) is 0 Å². The van der Waals surface area contributed by atoms with E-state index in [-0.39, 0.29) is 12.8 Å². The number of carbonyl (C=O) groups is 2. The highest BCUT2D eigenvalue weighted by molar-refractivity contribution is 5.88. The van der Waals surface area contributed by atoms with Gasteiger partial charge in [-0.25, -0.2) is 0 Å². The van der Waals surface area contributed by atoms with Gasteiger partial charge in [-0.05, 0) is 6.92 Å². The van der Waals surface area contributed by atoms with Crippen molar-refractivity contribution < 1.29 is 14.3 Å². The number of rotatable bonds is 0. The minimum atomic E-state index is -0.457. The Morgan fingerprint density at radius 2 is 2.10 bits per heavy atom. The molecule has 1 aliphatic rings. The molecule has 0 N–H and O–H groups in total. The van der Waals surface area contributed by atoms with Crippen LogP contribution in [-0.4, -0.2) is 11.9 Å². The summed E-state index contributed by atoms with van der Waals surface area (Å²) in [7, 11) is 0. The summed E-state index contributed by atoms with van der Waals surface area (Å²) in [5.74, 6) is -0.905. The summed E-state index contributed by atoms with van der Waals surface area (Å²) in [4.78, 5) is 21.2. The van der Waals surface area contributed by atoms with Crippen molar-refractivity contribution in [2.24, 2.45) is 0 Å². The Morgan fingerprint density at radius 3 is 2.80 bits per heavy atom. The predicted octanol–water partition coefficient (Wildman–Crippen LogP) is 0.796. The van der Waals surface area contributed by atoms with Gasteiger partial charge in [-0.3, -0.25) is 9.59 Å². The van der Waals surface area contributed by atoms with Crippen molar-refractivity contribution in [3.63, 3.8) is 0 Å². The molecule has 0 atom stereocenters. The standard InChI is InChI=1S/C7H8O3/c1-5-2-3-6(8)10-7(9)4-5/h2H,3-4H2,1H3. The lowest BCUT2D eigenvalue weighted by Gasteiger charge is -1.94. The van der Waals surface area contributed by atoms with Crippen molar-refractivity contribution in [1.82, 2.24) is 0 Å². The Morgan fingerprint density at radius 1 is 1.40 bits per heavy atom. The highest BCUT2D eigenvalue weighted by atomic mass is 16.6. The van der Waals surface area contributed by atoms with Gasteiger partial charge < -0.3 is 4.74 Å². The maximum atomic E-state index is 10.6. The van der Waals surface area contributed by atoms with E-state index in [1.165, 1.54) is 0 Å². The highest BCUT2D eigenvalue weighted by Crippen LogP contribution is 2.08. The van der Waals surface area contributed by atoms with Crippen LogP contribution in [0.5, 0.6) is 0 Å². The van der Waals surface area contributed by atoms with Crippen LogP contribution in [0.15, 0.2) is 11.6 Å². The SMILES string of the molecule is CC1=CCC(=O)OC(=O)C1. The minimum Gasteiger partial charge on any atom is -0.393 e. The smallest absolute Gasteiger partial charge is 0.317 e. The number of esters is 2. The van der Waals surface area contributed by atoms with Crippen LogP contribution < -0.4 is 0 Å². The van der Waals surface area contributed by atoms with E-state index in [0.717, 1.165) is 5.57 Å². The summed E-state index contributed by atoms with van der Waals surface area (Å²) in [6.07, 6.45) is 2.18. The van der Waals surface area contributed by atoms with Gasteiger partial charge in [-0.2, -0.15) is 0 Å². The molecule has 1 rings (SSSR count). The van der Waals surface area contributed by atoms with E-state index >= 15 is 0 Å². The number of hydrogen-bond donors (Lipinski definition) is 0. The van der Waals surface area contributed by atoms with Crippen LogP contribution in [0.3, 0.4) is 0 Å². The quantitative estimate of drug-likeness (QED) is 0.284. The average molecular weight is 140 g/mol. The molecule has 54 valence electrons. The first kappa shape index (κ1) is 6.99. The zero-order valence-electron chi connectivity index (χ0n) is 5.72. The van der Waals surface area contributed by atoms with Crippen LogP contribution in [0.4, 0.5) is 0 Å². The van der Waals surface area contributed by atoms with Gasteiger partial charge in [0.15, 0.2) is 0 Å². The first-order valence-corrected chi connectivity index (χ1v) is 3.07. The van der Waals surface area contributed by atoms with E-state index in [0.29, 0.717) is 0 Å². The molecule has 3 heteroatoms. The second-order valence-electron chi connectivity index (χ2n) is 2.28. The number of carbonyl (C=O) groups excluding carboxylic acids is 2. The summed E-state index contributed by atoms with van der Waals surface area (Å²) >= 11 is 0. The van der Waals surface area contributed by atoms with Crippen LogP contribution in [0.1, 0.15) is 19.8 Å². The van der Waals surface area contributed by atoms with E-state index in [2.05, 4.69) is 4.74 Å². The number of ether oxygens (including phenoxy) is 1. The van der Waals surface area contributed by atoms with Crippen molar-refractivity contribution in [3.8, 4) is 0 Å². The molecule has 10 heavy (non-hydrogen) atoms. The molecule has 0 fully saturated rings. The van der Waals surface area contributed by atoms with Gasteiger partial charge in [0.05, 0.1) is 12.8 Å². The first-order valence-electron chi connectivity index (χ1n) is 3.07. The molecular formula is C7H8O3. The van der Waals surface area contributed by atoms with Gasteiger partial charge in [-0.1, -0.05) is 11.6 Å². The van der Waals surface area contributed by atoms with Crippen LogP contribution in [0.2, 0.25) is 0 Å². The minimum absolute atomic E-state index is 0.220. The zero-order valence-corrected chi connectivity index (χ0v) is 5.72. The summed E-state index contributed by atoms with van der Waals surface area (Å²) in [6.45, 7) is 1.81. The molecule has 0 amide bonds. The van der Waals surface area contributed by atoms with Crippen LogP contribution in [0.25, 0.3) is 0 Å². The molecule has 0 bridgehead atoms. The van der Waals surface area contributed by atoms with E-state index in [1.807, 2.05) is 0 Å². The molecule has 3 nitrogen and oxygen atoms in total. The van der Waals surface area contributed by atoms with Crippen LogP contribution >= 0.6 is 0 Å². The van der Waals surface area contributed by atoms with E-state index in [9.17, 15) is 9.59 Å². The normalized spacial score (nSPS) is 19.5. The monoisotopic (exact) mass is 140 g/mol. The van der Waals surface area contributed by atoms with E-state index < -0.39 is 11.9 Å². The first-order chi connectivity index (χ1) is 4.68. The van der Waals surface area contributed by atoms with Crippen molar-refractivity contribution in [3.05, 3.63) is 11.6 Å². The highest BCUT2D eigenvalue weighted by Gasteiger charge is 2.13. The van der Waals surface area contributed by atoms with E-state index in [4.69, 9.17) is 0 Å². The van der Waals surface area contributed by atoms with Gasteiger partial charge >= 0.3 is 11.9 Å². The molecule has 0 unspecified atom stereocenters. The second kappa shape index (κ2) is 2.64. The molecular weight excluding hydrogens is 132 g/mol. The van der Waals surface area contributed by atoms with Crippen LogP contribution in [-0.2, 0) is 14.3 Å². The predicted molar refractivity (Wildman–Crippen MR) is 34.1 cm³/mol. The molecule has 1 heterocycles. The van der Waals surface area contributed by atoms with Gasteiger partial charge in [-0.15, -0.1) is 0 Å². The Bertz CT molecular complexity index is 203. The van der Waals surface area contributed by atoms with Gasteiger partial charge in [0.25, 0.3) is 0 Å². The van der Waals surface area contributed by atoms with Crippen LogP contribution in [0, 0.1) is 0 Å². The maximum Gasteiger partial charge on any atom is 0.317 e. The largest absolute Gasteiger partial charge is 0.393 e. The summed E-state index contributed by atoms with van der Waals surface area (Å²) < 4.78 is 4.35. The molecule has 0 aromatic rings. The lowest BCUT2D eigenvalue weighted by atomic mass is 10.2. The van der Waals surface area contributed by atoms with E-state index in [1.54, 1.807) is 13.0 Å². The molecule has 0 aromatic carbocycles. The van der Waals surface area contributed by atoms with Gasteiger partial charge in [0.2, 0.25) is 0 Å². The van der Waals surface area contributed by atoms with Crippen molar-refractivity contribution >= 4 is 11.9 Å². The topological polar surface area (TPSA) is 43.4 Å². The average Bonchev–Trinajstić information content (AvgIpc) is 1.93. The number of cyclic esters (lactones) is 2. The lowest BCUT2D eigenvalue weighted by Crippen LogP contribution is -2.08. The molecule has 0 saturated heterocycles. The Balaban J connectivity index is 2.71. The molecule has 0 aromatic heterocycles. The van der Waals surface area contributed by atoms with Crippen molar-refractivity contribution in [1.29, 1.82) is 0 Å². The fraction of sp³-hybridized carbons (Fsp3) is 0.429. The van der Waals surface area contributed by atoms with Gasteiger partial charge in [0.1, 0.15) is 0 Å². The summed E-state index contributed by atoms with van der Waals surface area (Å²) in [5.41, 5.74) is 0.899. The fourth-order valence-electron chi connectivity index (χ4n) is 0.762. The Labute approximate surface area is 58.7 Å². The second-order valence-corrected chi connectivity index (χ2v) is 2.28. The summed E-state index contributed by atoms with van der Waals surface area (Å²) in [5, 5.41) is 0. The summed E-state index contributed by atoms with van der Waals surface area (Å²) in [6, 6.07) is 0. The van der Waals surface area contributed by atoms with Crippen molar-refractivity contribution in [2.45, 2.75) is 19.8 Å². The molecule has 0 spiro atoms. The number of hydrogen-bond acceptors (Lipinski definition) is 3. The fourth-order valence-corrected chi connectivity index (χ4v) is 0.762. The lowest BCUT2D eigenvalue weighted by molar-refractivity contribution is -0.157. The molecule has 0 radical (unpaired) electrons. The van der Waals surface area contributed by atoms with Gasteiger partial charge in [0, 0.05) is 0 Å². The molecule has 1 aliphatic heterocycles.